The molecular formula is C8H9BrN. The SMILES string of the molecule is C[N]Cc1cccc(Br)c1. The molecule has 1 aromatic carbocycles. The fraction of sp³-hybridized carbons (Fsp3) is 0.250. The van der Waals surface area contributed by atoms with E-state index in [9.17, 15) is 0 Å². The van der Waals surface area contributed by atoms with E-state index in [0.717, 1.165) is 11.0 Å². The second-order valence-electron chi connectivity index (χ2n) is 2.10. The zero-order valence-corrected chi connectivity index (χ0v) is 7.43. The van der Waals surface area contributed by atoms with E-state index in [2.05, 4.69) is 33.4 Å². The molecule has 0 spiro atoms. The Morgan fingerprint density at radius 1 is 1.50 bits per heavy atom. The Labute approximate surface area is 69.6 Å². The van der Waals surface area contributed by atoms with Crippen molar-refractivity contribution >= 4 is 15.9 Å². The molecule has 0 aliphatic rings. The van der Waals surface area contributed by atoms with Crippen LogP contribution in [0, 0.1) is 0 Å². The van der Waals surface area contributed by atoms with Gasteiger partial charge in [-0.05, 0) is 17.7 Å². The van der Waals surface area contributed by atoms with Gasteiger partial charge in [0.2, 0.25) is 0 Å². The van der Waals surface area contributed by atoms with E-state index in [1.807, 2.05) is 19.2 Å². The van der Waals surface area contributed by atoms with Gasteiger partial charge in [0.15, 0.2) is 0 Å². The standard InChI is InChI=1S/C8H9BrN/c1-10-6-7-3-2-4-8(9)5-7/h2-5H,6H2,1H3. The largest absolute Gasteiger partial charge is 0.240 e. The van der Waals surface area contributed by atoms with E-state index in [1.165, 1.54) is 5.56 Å². The first-order valence-electron chi connectivity index (χ1n) is 3.13. The highest BCUT2D eigenvalue weighted by Gasteiger charge is 1.90. The lowest BCUT2D eigenvalue weighted by atomic mass is 10.2. The van der Waals surface area contributed by atoms with E-state index in [4.69, 9.17) is 0 Å². The van der Waals surface area contributed by atoms with Crippen molar-refractivity contribution in [3.8, 4) is 0 Å². The molecule has 0 unspecified atom stereocenters. The van der Waals surface area contributed by atoms with Crippen molar-refractivity contribution in [2.75, 3.05) is 7.05 Å². The average molecular weight is 199 g/mol. The maximum absolute atomic E-state index is 4.03. The van der Waals surface area contributed by atoms with Crippen LogP contribution in [0.1, 0.15) is 5.56 Å². The molecule has 1 radical (unpaired) electrons. The Hall–Kier alpha value is -0.340. The van der Waals surface area contributed by atoms with E-state index in [1.54, 1.807) is 0 Å². The van der Waals surface area contributed by atoms with Crippen LogP contribution in [0.4, 0.5) is 0 Å². The molecule has 0 N–H and O–H groups in total. The van der Waals surface area contributed by atoms with Crippen LogP contribution in [-0.4, -0.2) is 7.05 Å². The summed E-state index contributed by atoms with van der Waals surface area (Å²) in [5.41, 5.74) is 1.25. The fourth-order valence-electron chi connectivity index (χ4n) is 0.818. The van der Waals surface area contributed by atoms with Gasteiger partial charge in [0, 0.05) is 18.1 Å². The highest BCUT2D eigenvalue weighted by Crippen LogP contribution is 2.10. The quantitative estimate of drug-likeness (QED) is 0.693. The summed E-state index contributed by atoms with van der Waals surface area (Å²) in [4.78, 5) is 0. The molecule has 53 valence electrons. The van der Waals surface area contributed by atoms with E-state index < -0.39 is 0 Å². The lowest BCUT2D eigenvalue weighted by Crippen LogP contribution is -1.95. The molecule has 0 aliphatic heterocycles. The molecule has 10 heavy (non-hydrogen) atoms. The van der Waals surface area contributed by atoms with Gasteiger partial charge in [-0.2, -0.15) is 0 Å². The summed E-state index contributed by atoms with van der Waals surface area (Å²) in [5, 5.41) is 4.03. The topological polar surface area (TPSA) is 14.1 Å². The Balaban J connectivity index is 2.75. The zero-order chi connectivity index (χ0) is 7.40. The van der Waals surface area contributed by atoms with Gasteiger partial charge in [-0.1, -0.05) is 28.1 Å². The van der Waals surface area contributed by atoms with Crippen molar-refractivity contribution in [2.45, 2.75) is 6.54 Å². The maximum Gasteiger partial charge on any atom is 0.0381 e. The summed E-state index contributed by atoms with van der Waals surface area (Å²) >= 11 is 3.39. The maximum atomic E-state index is 4.03. The average Bonchev–Trinajstić information content (AvgIpc) is 1.88. The van der Waals surface area contributed by atoms with Crippen molar-refractivity contribution in [3.63, 3.8) is 0 Å². The first-order valence-corrected chi connectivity index (χ1v) is 3.92. The summed E-state index contributed by atoms with van der Waals surface area (Å²) in [6.07, 6.45) is 0. The van der Waals surface area contributed by atoms with Gasteiger partial charge in [-0.25, -0.2) is 5.32 Å². The highest BCUT2D eigenvalue weighted by atomic mass is 79.9. The second kappa shape index (κ2) is 3.74. The van der Waals surface area contributed by atoms with Gasteiger partial charge in [0.1, 0.15) is 0 Å². The van der Waals surface area contributed by atoms with Crippen LogP contribution in [0.5, 0.6) is 0 Å². The summed E-state index contributed by atoms with van der Waals surface area (Å²) < 4.78 is 1.12. The van der Waals surface area contributed by atoms with Crippen LogP contribution in [-0.2, 0) is 6.54 Å². The van der Waals surface area contributed by atoms with E-state index in [0.29, 0.717) is 0 Å². The molecule has 0 saturated heterocycles. The Morgan fingerprint density at radius 3 is 2.90 bits per heavy atom. The number of rotatable bonds is 2. The predicted molar refractivity (Wildman–Crippen MR) is 45.9 cm³/mol. The van der Waals surface area contributed by atoms with Crippen LogP contribution >= 0.6 is 15.9 Å². The van der Waals surface area contributed by atoms with Gasteiger partial charge in [0.25, 0.3) is 0 Å². The van der Waals surface area contributed by atoms with Gasteiger partial charge >= 0.3 is 0 Å². The van der Waals surface area contributed by atoms with Gasteiger partial charge in [-0.15, -0.1) is 0 Å². The van der Waals surface area contributed by atoms with Crippen LogP contribution in [0.25, 0.3) is 0 Å². The van der Waals surface area contributed by atoms with Crippen molar-refractivity contribution in [3.05, 3.63) is 34.3 Å². The minimum absolute atomic E-state index is 0.805. The molecule has 1 rings (SSSR count). The molecule has 1 aromatic rings. The molecule has 0 bridgehead atoms. The molecule has 1 nitrogen and oxygen atoms in total. The Kier molecular flexibility index (Phi) is 2.90. The van der Waals surface area contributed by atoms with Crippen molar-refractivity contribution < 1.29 is 0 Å². The molecule has 0 aliphatic carbocycles. The molecular weight excluding hydrogens is 190 g/mol. The van der Waals surface area contributed by atoms with E-state index in [-0.39, 0.29) is 0 Å². The van der Waals surface area contributed by atoms with Crippen molar-refractivity contribution in [2.24, 2.45) is 0 Å². The molecule has 0 atom stereocenters. The number of nitrogens with zero attached hydrogens (tertiary/aromatic N) is 1. The molecule has 0 amide bonds. The first kappa shape index (κ1) is 7.76. The third kappa shape index (κ3) is 2.12. The van der Waals surface area contributed by atoms with Gasteiger partial charge in [-0.3, -0.25) is 0 Å². The highest BCUT2D eigenvalue weighted by molar-refractivity contribution is 9.10. The van der Waals surface area contributed by atoms with Crippen molar-refractivity contribution in [1.82, 2.24) is 5.32 Å². The minimum Gasteiger partial charge on any atom is -0.240 e. The van der Waals surface area contributed by atoms with Crippen LogP contribution in [0.15, 0.2) is 28.7 Å². The normalized spacial score (nSPS) is 9.80. The summed E-state index contributed by atoms with van der Waals surface area (Å²) in [6.45, 7) is 0.805. The van der Waals surface area contributed by atoms with Crippen LogP contribution in [0.2, 0.25) is 0 Å². The third-order valence-corrected chi connectivity index (χ3v) is 1.72. The van der Waals surface area contributed by atoms with Crippen LogP contribution in [0.3, 0.4) is 0 Å². The predicted octanol–water partition coefficient (Wildman–Crippen LogP) is 2.18. The lowest BCUT2D eigenvalue weighted by molar-refractivity contribution is 0.799. The third-order valence-electron chi connectivity index (χ3n) is 1.23. The molecule has 2 heteroatoms. The molecule has 0 fully saturated rings. The minimum atomic E-state index is 0.805. The Morgan fingerprint density at radius 2 is 2.30 bits per heavy atom. The monoisotopic (exact) mass is 198 g/mol. The fourth-order valence-corrected chi connectivity index (χ4v) is 1.26. The van der Waals surface area contributed by atoms with E-state index >= 15 is 0 Å². The molecule has 0 saturated carbocycles. The zero-order valence-electron chi connectivity index (χ0n) is 5.84. The number of benzene rings is 1. The number of hydrogen-bond acceptors (Lipinski definition) is 0. The van der Waals surface area contributed by atoms with Gasteiger partial charge in [0.05, 0.1) is 0 Å². The first-order chi connectivity index (χ1) is 4.83. The summed E-state index contributed by atoms with van der Waals surface area (Å²) in [6, 6.07) is 8.18. The molecule has 0 heterocycles. The lowest BCUT2D eigenvalue weighted by Gasteiger charge is -1.97. The van der Waals surface area contributed by atoms with Crippen LogP contribution < -0.4 is 5.32 Å². The number of halogens is 1. The van der Waals surface area contributed by atoms with Crippen molar-refractivity contribution in [1.29, 1.82) is 0 Å². The Bertz CT molecular complexity index is 210. The summed E-state index contributed by atoms with van der Waals surface area (Å²) in [7, 11) is 1.82. The second-order valence-corrected chi connectivity index (χ2v) is 3.02. The smallest absolute Gasteiger partial charge is 0.0381 e. The van der Waals surface area contributed by atoms with Gasteiger partial charge < -0.3 is 0 Å². The molecule has 0 aromatic heterocycles. The number of hydrogen-bond donors (Lipinski definition) is 0. The summed E-state index contributed by atoms with van der Waals surface area (Å²) in [5.74, 6) is 0.